The SMILES string of the molecule is O=C(NCC12CC3CC(CC(C3)C1)C2)c1cccc(N2CCNCC2)c1C[N+](=O)[O-]. The van der Waals surface area contributed by atoms with E-state index in [1.807, 2.05) is 12.1 Å². The van der Waals surface area contributed by atoms with E-state index in [1.54, 1.807) is 6.07 Å². The van der Waals surface area contributed by atoms with Gasteiger partial charge in [0.05, 0.1) is 11.1 Å². The maximum atomic E-state index is 13.2. The van der Waals surface area contributed by atoms with Crippen LogP contribution in [0.5, 0.6) is 0 Å². The van der Waals surface area contributed by atoms with Crippen LogP contribution in [0.4, 0.5) is 5.69 Å². The minimum absolute atomic E-state index is 0.153. The van der Waals surface area contributed by atoms with Crippen molar-refractivity contribution in [2.45, 2.75) is 45.1 Å². The highest BCUT2D eigenvalue weighted by molar-refractivity contribution is 5.97. The van der Waals surface area contributed by atoms with E-state index < -0.39 is 0 Å². The van der Waals surface area contributed by atoms with Gasteiger partial charge in [-0.1, -0.05) is 6.07 Å². The van der Waals surface area contributed by atoms with Crippen LogP contribution in [0.1, 0.15) is 54.4 Å². The van der Waals surface area contributed by atoms with Crippen LogP contribution < -0.4 is 15.5 Å². The Morgan fingerprint density at radius 2 is 1.77 bits per heavy atom. The molecule has 1 aromatic rings. The quantitative estimate of drug-likeness (QED) is 0.554. The minimum atomic E-state index is -0.323. The second-order valence-corrected chi connectivity index (χ2v) is 10.1. The van der Waals surface area contributed by atoms with Gasteiger partial charge in [0.2, 0.25) is 6.54 Å². The average molecular weight is 413 g/mol. The highest BCUT2D eigenvalue weighted by atomic mass is 16.6. The van der Waals surface area contributed by atoms with Crippen molar-refractivity contribution in [3.05, 3.63) is 39.4 Å². The summed E-state index contributed by atoms with van der Waals surface area (Å²) in [6.07, 6.45) is 7.86. The number of benzene rings is 1. The second kappa shape index (κ2) is 7.84. The molecule has 5 fully saturated rings. The van der Waals surface area contributed by atoms with Crippen LogP contribution >= 0.6 is 0 Å². The van der Waals surface area contributed by atoms with Gasteiger partial charge in [-0.2, -0.15) is 0 Å². The molecule has 162 valence electrons. The third kappa shape index (κ3) is 3.80. The Morgan fingerprint density at radius 1 is 1.13 bits per heavy atom. The number of nitrogens with zero attached hydrogens (tertiary/aromatic N) is 2. The molecule has 1 saturated heterocycles. The molecule has 6 rings (SSSR count). The van der Waals surface area contributed by atoms with Gasteiger partial charge >= 0.3 is 0 Å². The summed E-state index contributed by atoms with van der Waals surface area (Å²) < 4.78 is 0. The summed E-state index contributed by atoms with van der Waals surface area (Å²) in [6, 6.07) is 5.53. The van der Waals surface area contributed by atoms with Gasteiger partial charge in [0.15, 0.2) is 0 Å². The lowest BCUT2D eigenvalue weighted by molar-refractivity contribution is -0.496. The summed E-state index contributed by atoms with van der Waals surface area (Å²) in [5.41, 5.74) is 2.10. The number of anilines is 1. The Bertz CT molecular complexity index is 798. The van der Waals surface area contributed by atoms with E-state index in [-0.39, 0.29) is 22.8 Å². The Labute approximate surface area is 177 Å². The van der Waals surface area contributed by atoms with Crippen molar-refractivity contribution in [1.29, 1.82) is 0 Å². The first-order chi connectivity index (χ1) is 14.5. The van der Waals surface area contributed by atoms with E-state index >= 15 is 0 Å². The Morgan fingerprint density at radius 3 is 2.37 bits per heavy atom. The molecule has 0 radical (unpaired) electrons. The standard InChI is InChI=1S/C23H32N4O3/c28-22(25-15-23-11-16-8-17(12-23)10-18(9-16)13-23)19-2-1-3-21(20(19)14-27(29)30)26-6-4-24-5-7-26/h1-3,16-18,24H,4-15H2,(H,25,28). The number of carbonyl (C=O) groups excluding carboxylic acids is 1. The van der Waals surface area contributed by atoms with Crippen molar-refractivity contribution in [2.24, 2.45) is 23.2 Å². The van der Waals surface area contributed by atoms with Gasteiger partial charge in [-0.25, -0.2) is 0 Å². The van der Waals surface area contributed by atoms with Crippen LogP contribution in [0.15, 0.2) is 18.2 Å². The van der Waals surface area contributed by atoms with Gasteiger partial charge in [0, 0.05) is 43.3 Å². The Balaban J connectivity index is 1.35. The van der Waals surface area contributed by atoms with Gasteiger partial charge in [0.25, 0.3) is 5.91 Å². The van der Waals surface area contributed by atoms with Gasteiger partial charge in [-0.15, -0.1) is 0 Å². The number of rotatable bonds is 6. The van der Waals surface area contributed by atoms with Crippen molar-refractivity contribution in [3.8, 4) is 0 Å². The van der Waals surface area contributed by atoms with Crippen molar-refractivity contribution < 1.29 is 9.72 Å². The first-order valence-electron chi connectivity index (χ1n) is 11.5. The van der Waals surface area contributed by atoms with Gasteiger partial charge in [-0.3, -0.25) is 14.9 Å². The van der Waals surface area contributed by atoms with Crippen molar-refractivity contribution in [3.63, 3.8) is 0 Å². The Hall–Kier alpha value is -2.15. The summed E-state index contributed by atoms with van der Waals surface area (Å²) in [5.74, 6) is 2.37. The number of piperazine rings is 1. The molecule has 4 bridgehead atoms. The van der Waals surface area contributed by atoms with E-state index in [4.69, 9.17) is 0 Å². The maximum Gasteiger partial charge on any atom is 0.251 e. The fraction of sp³-hybridized carbons (Fsp3) is 0.696. The molecular weight excluding hydrogens is 380 g/mol. The van der Waals surface area contributed by atoms with Gasteiger partial charge < -0.3 is 15.5 Å². The molecule has 4 saturated carbocycles. The van der Waals surface area contributed by atoms with E-state index in [2.05, 4.69) is 15.5 Å². The molecule has 0 aromatic heterocycles. The van der Waals surface area contributed by atoms with Crippen LogP contribution in [0.2, 0.25) is 0 Å². The molecule has 0 unspecified atom stereocenters. The summed E-state index contributed by atoms with van der Waals surface area (Å²) in [5, 5.41) is 17.9. The molecule has 1 amide bonds. The molecule has 2 N–H and O–H groups in total. The monoisotopic (exact) mass is 412 g/mol. The van der Waals surface area contributed by atoms with Crippen LogP contribution in [0.25, 0.3) is 0 Å². The summed E-state index contributed by atoms with van der Waals surface area (Å²) in [7, 11) is 0. The average Bonchev–Trinajstić information content (AvgIpc) is 2.71. The topological polar surface area (TPSA) is 87.5 Å². The summed E-state index contributed by atoms with van der Waals surface area (Å²) in [6.45, 7) is 3.68. The number of amides is 1. The van der Waals surface area contributed by atoms with E-state index in [1.165, 1.54) is 38.5 Å². The Kier molecular flexibility index (Phi) is 5.17. The zero-order chi connectivity index (χ0) is 20.7. The molecule has 1 aliphatic heterocycles. The first kappa shape index (κ1) is 19.8. The normalized spacial score (nSPS) is 32.3. The lowest BCUT2D eigenvalue weighted by Crippen LogP contribution is -2.51. The third-order valence-electron chi connectivity index (χ3n) is 7.93. The largest absolute Gasteiger partial charge is 0.369 e. The zero-order valence-electron chi connectivity index (χ0n) is 17.6. The molecular formula is C23H32N4O3. The van der Waals surface area contributed by atoms with Crippen LogP contribution in [0.3, 0.4) is 0 Å². The molecule has 0 atom stereocenters. The highest BCUT2D eigenvalue weighted by Gasteiger charge is 2.50. The molecule has 7 nitrogen and oxygen atoms in total. The van der Waals surface area contributed by atoms with Crippen LogP contribution in [-0.4, -0.2) is 43.6 Å². The lowest BCUT2D eigenvalue weighted by Gasteiger charge is -2.56. The molecule has 5 aliphatic rings. The number of hydrogen-bond donors (Lipinski definition) is 2. The van der Waals surface area contributed by atoms with Gasteiger partial charge in [0.1, 0.15) is 0 Å². The minimum Gasteiger partial charge on any atom is -0.369 e. The fourth-order valence-electron chi connectivity index (χ4n) is 7.15. The van der Waals surface area contributed by atoms with Crippen molar-refractivity contribution in [2.75, 3.05) is 37.6 Å². The molecule has 4 aliphatic carbocycles. The fourth-order valence-corrected chi connectivity index (χ4v) is 7.15. The molecule has 1 heterocycles. The molecule has 1 aromatic carbocycles. The lowest BCUT2D eigenvalue weighted by atomic mass is 9.49. The van der Waals surface area contributed by atoms with Gasteiger partial charge in [-0.05, 0) is 73.8 Å². The smallest absolute Gasteiger partial charge is 0.251 e. The first-order valence-corrected chi connectivity index (χ1v) is 11.5. The number of nitrogens with one attached hydrogen (secondary N) is 2. The number of nitro groups is 1. The van der Waals surface area contributed by atoms with E-state index in [0.717, 1.165) is 49.6 Å². The molecule has 30 heavy (non-hydrogen) atoms. The maximum absolute atomic E-state index is 13.2. The van der Waals surface area contributed by atoms with Crippen LogP contribution in [0, 0.1) is 33.3 Å². The highest BCUT2D eigenvalue weighted by Crippen LogP contribution is 2.59. The number of hydrogen-bond acceptors (Lipinski definition) is 5. The predicted octanol–water partition coefficient (Wildman–Crippen LogP) is 2.82. The van der Waals surface area contributed by atoms with E-state index in [9.17, 15) is 14.9 Å². The van der Waals surface area contributed by atoms with Crippen molar-refractivity contribution >= 4 is 11.6 Å². The predicted molar refractivity (Wildman–Crippen MR) is 115 cm³/mol. The van der Waals surface area contributed by atoms with Crippen LogP contribution in [-0.2, 0) is 6.54 Å². The van der Waals surface area contributed by atoms with E-state index in [0.29, 0.717) is 17.7 Å². The zero-order valence-corrected chi connectivity index (χ0v) is 17.6. The number of carbonyl (C=O) groups is 1. The summed E-state index contributed by atoms with van der Waals surface area (Å²) in [4.78, 5) is 26.5. The molecule has 7 heteroatoms. The summed E-state index contributed by atoms with van der Waals surface area (Å²) >= 11 is 0. The molecule has 0 spiro atoms. The third-order valence-corrected chi connectivity index (χ3v) is 7.93. The second-order valence-electron chi connectivity index (χ2n) is 10.1. The van der Waals surface area contributed by atoms with Crippen molar-refractivity contribution in [1.82, 2.24) is 10.6 Å².